The van der Waals surface area contributed by atoms with Gasteiger partial charge in [0.2, 0.25) is 0 Å². The zero-order chi connectivity index (χ0) is 13.8. The maximum atomic E-state index is 5.95. The first-order valence-corrected chi connectivity index (χ1v) is 7.35. The van der Waals surface area contributed by atoms with Crippen LogP contribution >= 0.6 is 11.3 Å². The Morgan fingerprint density at radius 1 is 1.32 bits per heavy atom. The Morgan fingerprint density at radius 2 is 2.11 bits per heavy atom. The van der Waals surface area contributed by atoms with Crippen LogP contribution < -0.4 is 11.1 Å². The van der Waals surface area contributed by atoms with Crippen molar-refractivity contribution in [2.75, 3.05) is 11.1 Å². The standard InChI is InChI=1S/C14H20N4S/c1-9(2)12-13(15)16-8-17-14(12)18-10(3)7-11-5-4-6-19-11/h4-6,8-10H,7H2,1-3H3,(H3,15,16,17,18). The summed E-state index contributed by atoms with van der Waals surface area (Å²) in [5.74, 6) is 1.72. The molecule has 0 aliphatic rings. The van der Waals surface area contributed by atoms with Crippen LogP contribution in [-0.4, -0.2) is 16.0 Å². The minimum Gasteiger partial charge on any atom is -0.383 e. The number of nitrogens with zero attached hydrogens (tertiary/aromatic N) is 2. The van der Waals surface area contributed by atoms with Crippen molar-refractivity contribution in [1.29, 1.82) is 0 Å². The molecule has 102 valence electrons. The van der Waals surface area contributed by atoms with Gasteiger partial charge in [-0.2, -0.15) is 0 Å². The van der Waals surface area contributed by atoms with Crippen LogP contribution in [0.2, 0.25) is 0 Å². The molecule has 0 aliphatic heterocycles. The number of anilines is 2. The summed E-state index contributed by atoms with van der Waals surface area (Å²) in [7, 11) is 0. The number of thiophene rings is 1. The largest absolute Gasteiger partial charge is 0.383 e. The van der Waals surface area contributed by atoms with Gasteiger partial charge in [0.05, 0.1) is 0 Å². The van der Waals surface area contributed by atoms with Crippen molar-refractivity contribution in [1.82, 2.24) is 9.97 Å². The zero-order valence-corrected chi connectivity index (χ0v) is 12.4. The number of rotatable bonds is 5. The molecule has 0 aromatic carbocycles. The van der Waals surface area contributed by atoms with Crippen LogP contribution in [-0.2, 0) is 6.42 Å². The van der Waals surface area contributed by atoms with Gasteiger partial charge in [-0.15, -0.1) is 11.3 Å². The summed E-state index contributed by atoms with van der Waals surface area (Å²) in [5.41, 5.74) is 6.95. The van der Waals surface area contributed by atoms with E-state index in [1.165, 1.54) is 11.2 Å². The van der Waals surface area contributed by atoms with E-state index in [9.17, 15) is 0 Å². The lowest BCUT2D eigenvalue weighted by Gasteiger charge is -2.19. The molecule has 2 aromatic heterocycles. The molecule has 0 saturated carbocycles. The molecule has 2 aromatic rings. The van der Waals surface area contributed by atoms with E-state index in [4.69, 9.17) is 5.73 Å². The molecule has 19 heavy (non-hydrogen) atoms. The molecule has 4 nitrogen and oxygen atoms in total. The van der Waals surface area contributed by atoms with Crippen molar-refractivity contribution in [2.24, 2.45) is 0 Å². The summed E-state index contributed by atoms with van der Waals surface area (Å²) < 4.78 is 0. The van der Waals surface area contributed by atoms with Gasteiger partial charge >= 0.3 is 0 Å². The summed E-state index contributed by atoms with van der Waals surface area (Å²) in [4.78, 5) is 9.77. The van der Waals surface area contributed by atoms with Crippen molar-refractivity contribution < 1.29 is 0 Å². The Labute approximate surface area is 118 Å². The lowest BCUT2D eigenvalue weighted by molar-refractivity contribution is 0.778. The Balaban J connectivity index is 2.12. The molecule has 1 unspecified atom stereocenters. The predicted molar refractivity (Wildman–Crippen MR) is 81.6 cm³/mol. The van der Waals surface area contributed by atoms with Crippen LogP contribution in [0.25, 0.3) is 0 Å². The van der Waals surface area contributed by atoms with E-state index >= 15 is 0 Å². The summed E-state index contributed by atoms with van der Waals surface area (Å²) in [5, 5.41) is 5.55. The van der Waals surface area contributed by atoms with Gasteiger partial charge in [-0.1, -0.05) is 19.9 Å². The normalized spacial score (nSPS) is 12.6. The molecule has 5 heteroatoms. The quantitative estimate of drug-likeness (QED) is 0.879. The van der Waals surface area contributed by atoms with Crippen LogP contribution in [0.1, 0.15) is 37.1 Å². The van der Waals surface area contributed by atoms with Crippen molar-refractivity contribution in [3.8, 4) is 0 Å². The van der Waals surface area contributed by atoms with E-state index in [0.717, 1.165) is 17.8 Å². The van der Waals surface area contributed by atoms with Crippen LogP contribution in [0.5, 0.6) is 0 Å². The van der Waals surface area contributed by atoms with Crippen LogP contribution in [0.3, 0.4) is 0 Å². The number of nitrogens with two attached hydrogens (primary N) is 1. The number of hydrogen-bond donors (Lipinski definition) is 2. The highest BCUT2D eigenvalue weighted by Crippen LogP contribution is 2.27. The number of hydrogen-bond acceptors (Lipinski definition) is 5. The third kappa shape index (κ3) is 3.44. The molecule has 0 amide bonds. The van der Waals surface area contributed by atoms with Crippen molar-refractivity contribution in [3.63, 3.8) is 0 Å². The first-order chi connectivity index (χ1) is 9.08. The van der Waals surface area contributed by atoms with E-state index < -0.39 is 0 Å². The molecule has 2 heterocycles. The monoisotopic (exact) mass is 276 g/mol. The second-order valence-electron chi connectivity index (χ2n) is 5.00. The first kappa shape index (κ1) is 13.8. The molecule has 0 saturated heterocycles. The van der Waals surface area contributed by atoms with Crippen molar-refractivity contribution >= 4 is 23.0 Å². The summed E-state index contributed by atoms with van der Waals surface area (Å²) in [6.45, 7) is 6.36. The highest BCUT2D eigenvalue weighted by molar-refractivity contribution is 7.09. The molecule has 0 fully saturated rings. The molecule has 0 spiro atoms. The van der Waals surface area contributed by atoms with E-state index in [-0.39, 0.29) is 0 Å². The fraction of sp³-hybridized carbons (Fsp3) is 0.429. The van der Waals surface area contributed by atoms with E-state index in [0.29, 0.717) is 17.8 Å². The van der Waals surface area contributed by atoms with Gasteiger partial charge in [-0.3, -0.25) is 0 Å². The second kappa shape index (κ2) is 6.02. The van der Waals surface area contributed by atoms with E-state index in [2.05, 4.69) is 53.6 Å². The van der Waals surface area contributed by atoms with Gasteiger partial charge in [-0.25, -0.2) is 9.97 Å². The van der Waals surface area contributed by atoms with E-state index in [1.807, 2.05) is 0 Å². The lowest BCUT2D eigenvalue weighted by Crippen LogP contribution is -2.20. The molecule has 0 aliphatic carbocycles. The molecule has 0 bridgehead atoms. The van der Waals surface area contributed by atoms with Gasteiger partial charge in [0.15, 0.2) is 0 Å². The second-order valence-corrected chi connectivity index (χ2v) is 6.04. The first-order valence-electron chi connectivity index (χ1n) is 6.47. The third-order valence-corrected chi connectivity index (χ3v) is 3.86. The summed E-state index contributed by atoms with van der Waals surface area (Å²) >= 11 is 1.78. The predicted octanol–water partition coefficient (Wildman–Crippen LogP) is 3.29. The number of aromatic nitrogens is 2. The van der Waals surface area contributed by atoms with E-state index in [1.54, 1.807) is 11.3 Å². The van der Waals surface area contributed by atoms with Crippen LogP contribution in [0.4, 0.5) is 11.6 Å². The summed E-state index contributed by atoms with van der Waals surface area (Å²) in [6.07, 6.45) is 2.50. The fourth-order valence-electron chi connectivity index (χ4n) is 2.11. The Hall–Kier alpha value is -1.62. The molecule has 3 N–H and O–H groups in total. The van der Waals surface area contributed by atoms with Crippen molar-refractivity contribution in [2.45, 2.75) is 39.2 Å². The summed E-state index contributed by atoms with van der Waals surface area (Å²) in [6, 6.07) is 4.54. The maximum Gasteiger partial charge on any atom is 0.135 e. The SMILES string of the molecule is CC(Cc1cccs1)Nc1ncnc(N)c1C(C)C. The van der Waals surface area contributed by atoms with Crippen molar-refractivity contribution in [3.05, 3.63) is 34.3 Å². The topological polar surface area (TPSA) is 63.8 Å². The zero-order valence-electron chi connectivity index (χ0n) is 11.6. The molecule has 1 atom stereocenters. The average molecular weight is 276 g/mol. The average Bonchev–Trinajstić information content (AvgIpc) is 2.81. The molecule has 2 rings (SSSR count). The minimum absolute atomic E-state index is 0.303. The Morgan fingerprint density at radius 3 is 2.74 bits per heavy atom. The number of nitrogen functional groups attached to an aromatic ring is 1. The molecule has 0 radical (unpaired) electrons. The van der Waals surface area contributed by atoms with Gasteiger partial charge < -0.3 is 11.1 Å². The fourth-order valence-corrected chi connectivity index (χ4v) is 2.94. The molecular formula is C14H20N4S. The Kier molecular flexibility index (Phi) is 4.37. The highest BCUT2D eigenvalue weighted by atomic mass is 32.1. The van der Waals surface area contributed by atoms with Gasteiger partial charge in [0, 0.05) is 22.9 Å². The maximum absolute atomic E-state index is 5.95. The van der Waals surface area contributed by atoms with Gasteiger partial charge in [0.1, 0.15) is 18.0 Å². The van der Waals surface area contributed by atoms with Gasteiger partial charge in [-0.05, 0) is 24.3 Å². The third-order valence-electron chi connectivity index (χ3n) is 2.96. The van der Waals surface area contributed by atoms with Crippen LogP contribution in [0.15, 0.2) is 23.8 Å². The smallest absolute Gasteiger partial charge is 0.135 e. The highest BCUT2D eigenvalue weighted by Gasteiger charge is 2.14. The van der Waals surface area contributed by atoms with Crippen LogP contribution in [0, 0.1) is 0 Å². The minimum atomic E-state index is 0.303. The van der Waals surface area contributed by atoms with Gasteiger partial charge in [0.25, 0.3) is 0 Å². The lowest BCUT2D eigenvalue weighted by atomic mass is 10.0. The molecular weight excluding hydrogens is 256 g/mol. The number of nitrogens with one attached hydrogen (secondary N) is 1. The Bertz CT molecular complexity index is 522.